The number of aryl methyl sites for hydroxylation is 1. The number of fused-ring (bicyclic) bond motifs is 1. The number of aromatic amines is 1. The number of anilines is 2. The molecular weight excluding hydrogens is 443 g/mol. The predicted octanol–water partition coefficient (Wildman–Crippen LogP) is 7.26. The molecule has 3 N–H and O–H groups in total. The third-order valence-electron chi connectivity index (χ3n) is 6.57. The van der Waals surface area contributed by atoms with E-state index in [4.69, 9.17) is 23.2 Å². The molecule has 1 saturated carbocycles. The van der Waals surface area contributed by atoms with Gasteiger partial charge in [0.05, 0.1) is 26.8 Å². The number of hydrogen-bond donors (Lipinski definition) is 3. The molecule has 5 nitrogen and oxygen atoms in total. The Hall–Kier alpha value is -2.24. The molecule has 0 radical (unpaired) electrons. The summed E-state index contributed by atoms with van der Waals surface area (Å²) in [6.45, 7) is 8.87. The van der Waals surface area contributed by atoms with Crippen molar-refractivity contribution in [3.8, 4) is 0 Å². The number of carbonyl (C=O) groups excluding carboxylic acids is 1. The van der Waals surface area contributed by atoms with E-state index < -0.39 is 0 Å². The van der Waals surface area contributed by atoms with Gasteiger partial charge in [-0.05, 0) is 73.8 Å². The summed E-state index contributed by atoms with van der Waals surface area (Å²) in [5.41, 5.74) is 4.04. The highest BCUT2D eigenvalue weighted by Gasteiger charge is 2.30. The number of aromatic nitrogens is 2. The SMILES string of the molecule is Cc1cc2[nH]c(Nc3c(Cl)cccc3Cl)nc2cc1C(=O)NC1CCC(C(C)(C)C)CC1. The zero-order chi connectivity index (χ0) is 23.0. The van der Waals surface area contributed by atoms with E-state index in [0.29, 0.717) is 38.2 Å². The standard InChI is InChI=1S/C25H30Cl2N4O/c1-14-12-20-21(30-24(29-20)31-22-18(26)6-5-7-19(22)27)13-17(14)23(32)28-16-10-8-15(9-11-16)25(2,3)4/h5-7,12-13,15-16H,8-11H2,1-4H3,(H,28,32)(H2,29,30,31). The van der Waals surface area contributed by atoms with Crippen LogP contribution in [-0.4, -0.2) is 21.9 Å². The van der Waals surface area contributed by atoms with Crippen LogP contribution in [0.25, 0.3) is 11.0 Å². The lowest BCUT2D eigenvalue weighted by Gasteiger charge is -2.37. The molecule has 1 aromatic heterocycles. The van der Waals surface area contributed by atoms with E-state index in [1.165, 1.54) is 0 Å². The van der Waals surface area contributed by atoms with Crippen molar-refractivity contribution in [1.29, 1.82) is 0 Å². The van der Waals surface area contributed by atoms with Crippen LogP contribution < -0.4 is 10.6 Å². The minimum Gasteiger partial charge on any atom is -0.349 e. The summed E-state index contributed by atoms with van der Waals surface area (Å²) in [6.07, 6.45) is 4.38. The van der Waals surface area contributed by atoms with Gasteiger partial charge in [0, 0.05) is 11.6 Å². The first-order valence-electron chi connectivity index (χ1n) is 11.1. The van der Waals surface area contributed by atoms with Crippen LogP contribution in [0.3, 0.4) is 0 Å². The first kappa shape index (κ1) is 22.9. The molecule has 1 heterocycles. The average molecular weight is 473 g/mol. The van der Waals surface area contributed by atoms with Crippen molar-refractivity contribution in [2.45, 2.75) is 59.4 Å². The van der Waals surface area contributed by atoms with Gasteiger partial charge in [-0.15, -0.1) is 0 Å². The molecule has 1 aliphatic carbocycles. The van der Waals surface area contributed by atoms with E-state index in [-0.39, 0.29) is 11.9 Å². The minimum absolute atomic E-state index is 0.0322. The number of nitrogens with one attached hydrogen (secondary N) is 3. The topological polar surface area (TPSA) is 69.8 Å². The Morgan fingerprint density at radius 1 is 1.09 bits per heavy atom. The van der Waals surface area contributed by atoms with Crippen molar-refractivity contribution in [3.63, 3.8) is 0 Å². The zero-order valence-corrected chi connectivity index (χ0v) is 20.5. The summed E-state index contributed by atoms with van der Waals surface area (Å²) in [4.78, 5) is 20.9. The van der Waals surface area contributed by atoms with Crippen molar-refractivity contribution >= 4 is 51.8 Å². The highest BCUT2D eigenvalue weighted by Crippen LogP contribution is 2.38. The Morgan fingerprint density at radius 2 is 1.75 bits per heavy atom. The van der Waals surface area contributed by atoms with Crippen LogP contribution in [0, 0.1) is 18.3 Å². The lowest BCUT2D eigenvalue weighted by Crippen LogP contribution is -2.39. The van der Waals surface area contributed by atoms with Gasteiger partial charge in [0.1, 0.15) is 0 Å². The molecule has 0 saturated heterocycles. The van der Waals surface area contributed by atoms with Crippen molar-refractivity contribution in [2.75, 3.05) is 5.32 Å². The summed E-state index contributed by atoms with van der Waals surface area (Å²) in [5, 5.41) is 7.41. The molecule has 1 amide bonds. The lowest BCUT2D eigenvalue weighted by atomic mass is 9.71. The van der Waals surface area contributed by atoms with Crippen LogP contribution in [-0.2, 0) is 0 Å². The van der Waals surface area contributed by atoms with Crippen molar-refractivity contribution < 1.29 is 4.79 Å². The number of hydrogen-bond acceptors (Lipinski definition) is 3. The molecule has 7 heteroatoms. The number of H-pyrrole nitrogens is 1. The van der Waals surface area contributed by atoms with Crippen molar-refractivity contribution in [3.05, 3.63) is 51.5 Å². The second-order valence-corrected chi connectivity index (χ2v) is 10.7. The van der Waals surface area contributed by atoms with Gasteiger partial charge in [-0.25, -0.2) is 4.98 Å². The smallest absolute Gasteiger partial charge is 0.251 e. The largest absolute Gasteiger partial charge is 0.349 e. The van der Waals surface area contributed by atoms with E-state index >= 15 is 0 Å². The zero-order valence-electron chi connectivity index (χ0n) is 19.0. The first-order chi connectivity index (χ1) is 15.1. The van der Waals surface area contributed by atoms with Gasteiger partial charge in [-0.3, -0.25) is 4.79 Å². The third kappa shape index (κ3) is 4.89. The molecule has 32 heavy (non-hydrogen) atoms. The molecule has 4 rings (SSSR count). The number of para-hydroxylation sites is 1. The van der Waals surface area contributed by atoms with Gasteiger partial charge in [-0.1, -0.05) is 50.0 Å². The quantitative estimate of drug-likeness (QED) is 0.374. The van der Waals surface area contributed by atoms with Gasteiger partial charge in [0.2, 0.25) is 5.95 Å². The van der Waals surface area contributed by atoms with Crippen LogP contribution in [0.5, 0.6) is 0 Å². The average Bonchev–Trinajstić information content (AvgIpc) is 3.11. The van der Waals surface area contributed by atoms with Crippen molar-refractivity contribution in [1.82, 2.24) is 15.3 Å². The van der Waals surface area contributed by atoms with Crippen LogP contribution in [0.2, 0.25) is 10.0 Å². The summed E-state index contributed by atoms with van der Waals surface area (Å²) < 4.78 is 0. The Morgan fingerprint density at radius 3 is 2.38 bits per heavy atom. The summed E-state index contributed by atoms with van der Waals surface area (Å²) in [6, 6.07) is 9.34. The second kappa shape index (κ2) is 8.95. The van der Waals surface area contributed by atoms with E-state index in [9.17, 15) is 4.79 Å². The van der Waals surface area contributed by atoms with Gasteiger partial charge < -0.3 is 15.6 Å². The molecule has 0 spiro atoms. The number of benzene rings is 2. The molecule has 170 valence electrons. The van der Waals surface area contributed by atoms with E-state index in [1.54, 1.807) is 18.2 Å². The predicted molar refractivity (Wildman–Crippen MR) is 133 cm³/mol. The highest BCUT2D eigenvalue weighted by atomic mass is 35.5. The van der Waals surface area contributed by atoms with Gasteiger partial charge in [0.15, 0.2) is 0 Å². The molecule has 2 aromatic carbocycles. The second-order valence-electron chi connectivity index (χ2n) is 9.88. The van der Waals surface area contributed by atoms with Gasteiger partial charge in [0.25, 0.3) is 5.91 Å². The third-order valence-corrected chi connectivity index (χ3v) is 7.20. The van der Waals surface area contributed by atoms with Crippen molar-refractivity contribution in [2.24, 2.45) is 11.3 Å². The van der Waals surface area contributed by atoms with Gasteiger partial charge in [-0.2, -0.15) is 0 Å². The number of rotatable bonds is 4. The first-order valence-corrected chi connectivity index (χ1v) is 11.9. The summed E-state index contributed by atoms with van der Waals surface area (Å²) >= 11 is 12.5. The van der Waals surface area contributed by atoms with E-state index in [0.717, 1.165) is 42.7 Å². The fourth-order valence-corrected chi connectivity index (χ4v) is 5.06. The fourth-order valence-electron chi connectivity index (χ4n) is 4.57. The molecule has 0 bridgehead atoms. The van der Waals surface area contributed by atoms with Crippen LogP contribution in [0.4, 0.5) is 11.6 Å². The maximum absolute atomic E-state index is 13.0. The van der Waals surface area contributed by atoms with Gasteiger partial charge >= 0.3 is 0 Å². The Balaban J connectivity index is 1.49. The summed E-state index contributed by atoms with van der Waals surface area (Å²) in [5.74, 6) is 1.21. The number of amides is 1. The summed E-state index contributed by atoms with van der Waals surface area (Å²) in [7, 11) is 0. The van der Waals surface area contributed by atoms with E-state index in [2.05, 4.69) is 41.4 Å². The normalized spacial score (nSPS) is 19.2. The molecule has 0 atom stereocenters. The van der Waals surface area contributed by atoms with E-state index in [1.807, 2.05) is 19.1 Å². The highest BCUT2D eigenvalue weighted by molar-refractivity contribution is 6.39. The number of nitrogens with zero attached hydrogens (tertiary/aromatic N) is 1. The molecule has 0 aliphatic heterocycles. The number of halogens is 2. The molecule has 0 unspecified atom stereocenters. The Kier molecular flexibility index (Phi) is 6.42. The number of imidazole rings is 1. The molecule has 1 fully saturated rings. The molecule has 3 aromatic rings. The fraction of sp³-hybridized carbons (Fsp3) is 0.440. The maximum Gasteiger partial charge on any atom is 0.251 e. The maximum atomic E-state index is 13.0. The molecule has 1 aliphatic rings. The lowest BCUT2D eigenvalue weighted by molar-refractivity contribution is 0.0903. The Bertz CT molecular complexity index is 1120. The molecular formula is C25H30Cl2N4O. The van der Waals surface area contributed by atoms with Crippen LogP contribution in [0.1, 0.15) is 62.4 Å². The number of carbonyl (C=O) groups is 1. The minimum atomic E-state index is -0.0322. The van der Waals surface area contributed by atoms with Crippen LogP contribution in [0.15, 0.2) is 30.3 Å². The Labute approximate surface area is 199 Å². The monoisotopic (exact) mass is 472 g/mol. The van der Waals surface area contributed by atoms with Crippen LogP contribution >= 0.6 is 23.2 Å².